The fraction of sp³-hybridized carbons (Fsp3) is 0.600. The molecule has 0 bridgehead atoms. The van der Waals surface area contributed by atoms with E-state index in [9.17, 15) is 48.9 Å². The Labute approximate surface area is 273 Å². The SMILES string of the molecule is NCCC[C@H](N)CC(=O)N[C@@H]1CNC(=O)[C@H]([C@H]2C[C@H](O)NC(N)=N2)NC(=O)/C(=C/NC(N)=O)NC(=O)[C@@H](CO)NC(=O)[C@H](CO)NC1=O. The molecule has 0 aromatic rings. The summed E-state index contributed by atoms with van der Waals surface area (Å²) in [4.78, 5) is 94.3. The number of carbonyl (C=O) groups excluding carboxylic acids is 7. The molecule has 0 spiro atoms. The zero-order valence-electron chi connectivity index (χ0n) is 25.7. The Morgan fingerprint density at radius 2 is 1.62 bits per heavy atom. The van der Waals surface area contributed by atoms with Crippen molar-refractivity contribution < 1.29 is 48.9 Å². The predicted octanol–water partition coefficient (Wildman–Crippen LogP) is -8.88. The van der Waals surface area contributed by atoms with Crippen molar-refractivity contribution in [3.8, 4) is 0 Å². The first-order valence-electron chi connectivity index (χ1n) is 14.7. The van der Waals surface area contributed by atoms with Crippen LogP contribution >= 0.6 is 0 Å². The number of nitrogens with two attached hydrogens (primary N) is 4. The molecule has 0 aromatic carbocycles. The number of guanidine groups is 1. The number of rotatable bonds is 10. The number of urea groups is 1. The second-order valence-corrected chi connectivity index (χ2v) is 10.7. The van der Waals surface area contributed by atoms with Gasteiger partial charge in [-0.2, -0.15) is 0 Å². The summed E-state index contributed by atoms with van der Waals surface area (Å²) in [5, 5.41) is 47.7. The Bertz CT molecular complexity index is 1280. The quantitative estimate of drug-likeness (QED) is 0.0950. The van der Waals surface area contributed by atoms with Crippen LogP contribution in [0.4, 0.5) is 4.79 Å². The molecule has 0 aromatic heterocycles. The van der Waals surface area contributed by atoms with Crippen molar-refractivity contribution in [2.75, 3.05) is 26.3 Å². The number of amides is 8. The number of primary amides is 1. The second-order valence-electron chi connectivity index (χ2n) is 10.7. The molecule has 2 aliphatic heterocycles. The molecule has 1 saturated heterocycles. The van der Waals surface area contributed by atoms with Gasteiger partial charge in [0.05, 0.1) is 19.3 Å². The Morgan fingerprint density at radius 1 is 0.979 bits per heavy atom. The van der Waals surface area contributed by atoms with E-state index in [0.717, 1.165) is 0 Å². The van der Waals surface area contributed by atoms with Gasteiger partial charge in [0, 0.05) is 31.6 Å². The summed E-state index contributed by atoms with van der Waals surface area (Å²) in [6, 6.07) is -9.80. The molecule has 0 saturated carbocycles. The zero-order valence-corrected chi connectivity index (χ0v) is 25.7. The van der Waals surface area contributed by atoms with Gasteiger partial charge in [-0.15, -0.1) is 0 Å². The van der Waals surface area contributed by atoms with E-state index in [-0.39, 0.29) is 18.8 Å². The van der Waals surface area contributed by atoms with Gasteiger partial charge in [-0.25, -0.2) is 9.79 Å². The van der Waals surface area contributed by atoms with Crippen LogP contribution in [-0.4, -0.2) is 132 Å². The smallest absolute Gasteiger partial charge is 0.316 e. The van der Waals surface area contributed by atoms with Crippen molar-refractivity contribution >= 4 is 47.4 Å². The highest BCUT2D eigenvalue weighted by Crippen LogP contribution is 2.12. The van der Waals surface area contributed by atoms with Crippen LogP contribution in [0.3, 0.4) is 0 Å². The van der Waals surface area contributed by atoms with Crippen LogP contribution in [0, 0.1) is 0 Å². The molecule has 268 valence electrons. The Balaban J connectivity index is 2.55. The number of nitrogens with one attached hydrogen (secondary N) is 8. The fourth-order valence-electron chi connectivity index (χ4n) is 4.44. The summed E-state index contributed by atoms with van der Waals surface area (Å²) in [6.07, 6.45) is -0.253. The van der Waals surface area contributed by atoms with Crippen LogP contribution in [0.5, 0.6) is 0 Å². The molecule has 23 heteroatoms. The lowest BCUT2D eigenvalue weighted by Crippen LogP contribution is -2.63. The minimum Gasteiger partial charge on any atom is -0.394 e. The standard InChI is InChI=1S/C25H43N13O10/c26-3-1-2-10(27)4-16(41)32-12-6-30-23(47)18(11-5-17(42)37-24(28)36-11)38-20(44)13(7-31-25(29)48)33-21(45)14(8-39)35-22(46)15(9-40)34-19(12)43/h7,10-12,14-15,17-18,39-40,42H,1-6,8-9,26-27H2,(H,30,47)(H,32,41)(H,33,45)(H,34,43)(H,35,46)(H,38,44)(H3,28,36,37)(H3,29,31,48)/b13-7-/t10-,11+,12+,14+,15-,17-,18-/m0/s1. The first-order valence-corrected chi connectivity index (χ1v) is 14.7. The van der Waals surface area contributed by atoms with E-state index in [4.69, 9.17) is 22.9 Å². The van der Waals surface area contributed by atoms with Gasteiger partial charge < -0.3 is 80.8 Å². The van der Waals surface area contributed by atoms with Crippen LogP contribution in [0.1, 0.15) is 25.7 Å². The van der Waals surface area contributed by atoms with Gasteiger partial charge in [0.2, 0.25) is 29.5 Å². The summed E-state index contributed by atoms with van der Waals surface area (Å²) in [7, 11) is 0. The highest BCUT2D eigenvalue weighted by atomic mass is 16.3. The second kappa shape index (κ2) is 18.9. The van der Waals surface area contributed by atoms with Gasteiger partial charge in [0.25, 0.3) is 5.91 Å². The van der Waals surface area contributed by atoms with Crippen molar-refractivity contribution in [1.82, 2.24) is 42.5 Å². The van der Waals surface area contributed by atoms with Crippen molar-refractivity contribution in [3.05, 3.63) is 11.9 Å². The van der Waals surface area contributed by atoms with Crippen molar-refractivity contribution in [1.29, 1.82) is 0 Å². The molecule has 2 heterocycles. The third-order valence-corrected chi connectivity index (χ3v) is 6.89. The third kappa shape index (κ3) is 12.3. The average Bonchev–Trinajstić information content (AvgIpc) is 3.02. The Kier molecular flexibility index (Phi) is 15.4. The van der Waals surface area contributed by atoms with E-state index in [1.807, 2.05) is 5.32 Å². The molecule has 2 rings (SSSR count). The lowest BCUT2D eigenvalue weighted by Gasteiger charge is -2.31. The maximum absolute atomic E-state index is 13.6. The highest BCUT2D eigenvalue weighted by molar-refractivity contribution is 6.02. The highest BCUT2D eigenvalue weighted by Gasteiger charge is 2.37. The van der Waals surface area contributed by atoms with Crippen molar-refractivity contribution in [3.63, 3.8) is 0 Å². The number of aliphatic hydroxyl groups excluding tert-OH is 3. The number of hydrogen-bond donors (Lipinski definition) is 15. The van der Waals surface area contributed by atoms with Gasteiger partial charge >= 0.3 is 6.03 Å². The minimum atomic E-state index is -1.78. The van der Waals surface area contributed by atoms with Crippen LogP contribution in [0.25, 0.3) is 0 Å². The molecule has 0 unspecified atom stereocenters. The Hall–Kier alpha value is -5.10. The molecule has 0 aliphatic carbocycles. The van der Waals surface area contributed by atoms with E-state index in [1.54, 1.807) is 0 Å². The minimum absolute atomic E-state index is 0.247. The van der Waals surface area contributed by atoms with Crippen molar-refractivity contribution in [2.24, 2.45) is 27.9 Å². The molecule has 0 radical (unpaired) electrons. The lowest BCUT2D eigenvalue weighted by atomic mass is 10.0. The van der Waals surface area contributed by atoms with Gasteiger partial charge in [-0.05, 0) is 19.4 Å². The summed E-state index contributed by atoms with van der Waals surface area (Å²) in [5.41, 5.74) is 21.5. The first-order chi connectivity index (χ1) is 22.7. The fourth-order valence-corrected chi connectivity index (χ4v) is 4.44. The molecule has 7 atom stereocenters. The topological polar surface area (TPSA) is 393 Å². The normalized spacial score (nSPS) is 27.6. The van der Waals surface area contributed by atoms with Gasteiger partial charge in [0.1, 0.15) is 36.1 Å². The van der Waals surface area contributed by atoms with E-state index < -0.39 is 109 Å². The van der Waals surface area contributed by atoms with Crippen LogP contribution in [0.15, 0.2) is 16.9 Å². The summed E-state index contributed by atoms with van der Waals surface area (Å²) < 4.78 is 0. The molecule has 1 fully saturated rings. The van der Waals surface area contributed by atoms with Crippen LogP contribution in [-0.2, 0) is 28.8 Å². The van der Waals surface area contributed by atoms with Gasteiger partial charge in [-0.1, -0.05) is 0 Å². The molecule has 23 nitrogen and oxygen atoms in total. The van der Waals surface area contributed by atoms with Crippen LogP contribution < -0.4 is 65.5 Å². The monoisotopic (exact) mass is 685 g/mol. The Morgan fingerprint density at radius 3 is 2.23 bits per heavy atom. The van der Waals surface area contributed by atoms with E-state index >= 15 is 0 Å². The van der Waals surface area contributed by atoms with Gasteiger partial charge in [0.15, 0.2) is 5.96 Å². The molecule has 48 heavy (non-hydrogen) atoms. The summed E-state index contributed by atoms with van der Waals surface area (Å²) in [5.74, 6) is -6.69. The lowest BCUT2D eigenvalue weighted by molar-refractivity contribution is -0.135. The number of carbonyl (C=O) groups is 7. The maximum atomic E-state index is 13.6. The van der Waals surface area contributed by atoms with E-state index in [2.05, 4.69) is 42.2 Å². The molecular weight excluding hydrogens is 642 g/mol. The summed E-state index contributed by atoms with van der Waals surface area (Å²) in [6.45, 7) is -2.37. The van der Waals surface area contributed by atoms with Gasteiger partial charge in [-0.3, -0.25) is 28.8 Å². The number of aliphatic hydroxyl groups is 3. The largest absolute Gasteiger partial charge is 0.394 e. The molecular formula is C25H43N13O10. The third-order valence-electron chi connectivity index (χ3n) is 6.89. The molecule has 19 N–H and O–H groups in total. The summed E-state index contributed by atoms with van der Waals surface area (Å²) >= 11 is 0. The number of hydrogen-bond acceptors (Lipinski definition) is 15. The van der Waals surface area contributed by atoms with E-state index in [0.29, 0.717) is 25.6 Å². The first kappa shape index (κ1) is 39.1. The van der Waals surface area contributed by atoms with Crippen molar-refractivity contribution in [2.45, 2.75) is 68.2 Å². The average molecular weight is 686 g/mol. The molecule has 2 aliphatic rings. The van der Waals surface area contributed by atoms with Crippen LogP contribution in [0.2, 0.25) is 0 Å². The predicted molar refractivity (Wildman–Crippen MR) is 164 cm³/mol. The number of aliphatic imine (C=N–C) groups is 1. The number of nitrogens with zero attached hydrogens (tertiary/aromatic N) is 1. The zero-order chi connectivity index (χ0) is 36.0. The molecule has 8 amide bonds. The maximum Gasteiger partial charge on any atom is 0.316 e. The van der Waals surface area contributed by atoms with E-state index in [1.165, 1.54) is 0 Å².